The number of fused-ring (bicyclic) bond motifs is 1. The largest absolute Gasteiger partial charge is 0.377 e. The first-order valence-electron chi connectivity index (χ1n) is 14.7. The highest BCUT2D eigenvalue weighted by Crippen LogP contribution is 2.40. The molecule has 0 spiro atoms. The number of carbonyl (C=O) groups excluding carboxylic acids is 2. The second-order valence-corrected chi connectivity index (χ2v) is 13.6. The fraction of sp³-hybridized carbons (Fsp3) is 0.677. The van der Waals surface area contributed by atoms with Gasteiger partial charge in [0.2, 0.25) is 5.91 Å². The molecule has 3 fully saturated rings. The van der Waals surface area contributed by atoms with Crippen LogP contribution >= 0.6 is 11.8 Å². The minimum atomic E-state index is -0.213. The van der Waals surface area contributed by atoms with Gasteiger partial charge in [0.05, 0.1) is 30.2 Å². The first-order valence-corrected chi connectivity index (χ1v) is 15.9. The molecule has 1 aromatic heterocycles. The third-order valence-corrected chi connectivity index (χ3v) is 11.1. The van der Waals surface area contributed by atoms with E-state index in [9.17, 15) is 9.59 Å². The monoisotopic (exact) mass is 554 g/mol. The van der Waals surface area contributed by atoms with E-state index in [2.05, 4.69) is 72.4 Å². The second-order valence-electron chi connectivity index (χ2n) is 12.5. The van der Waals surface area contributed by atoms with Crippen LogP contribution in [0.5, 0.6) is 0 Å². The standard InChI is InChI=1S/C31H46N4O3S/c1-19-15-27(39-6)25(29(36)33-19)16-32-30(37)28-21(3)35(26-10-8-7-9-24(26)28)20(2)22-11-13-23(14-12-22)34(5)31(4)17-38-18-31/h7-10,19-20,22-23,25,27H,11-18H2,1-6H3,(H,32,37)(H,33,36)/t19?,20-,22?,23?,25?,27?/m1/s1. The number of aromatic nitrogens is 1. The third kappa shape index (κ3) is 5.36. The molecule has 0 bridgehead atoms. The Morgan fingerprint density at radius 2 is 1.95 bits per heavy atom. The van der Waals surface area contributed by atoms with Crippen molar-refractivity contribution in [2.45, 2.75) is 88.7 Å². The van der Waals surface area contributed by atoms with Crippen LogP contribution in [-0.2, 0) is 9.53 Å². The Morgan fingerprint density at radius 3 is 2.59 bits per heavy atom. The minimum absolute atomic E-state index is 0.0428. The molecule has 4 atom stereocenters. The summed E-state index contributed by atoms with van der Waals surface area (Å²) < 4.78 is 7.92. The number of rotatable bonds is 8. The summed E-state index contributed by atoms with van der Waals surface area (Å²) in [4.78, 5) is 29.0. The van der Waals surface area contributed by atoms with Crippen molar-refractivity contribution in [3.8, 4) is 0 Å². The van der Waals surface area contributed by atoms with Crippen molar-refractivity contribution in [3.05, 3.63) is 35.5 Å². The van der Waals surface area contributed by atoms with Crippen molar-refractivity contribution in [2.75, 3.05) is 33.1 Å². The van der Waals surface area contributed by atoms with Crippen molar-refractivity contribution in [2.24, 2.45) is 11.8 Å². The molecule has 1 saturated carbocycles. The van der Waals surface area contributed by atoms with E-state index in [1.807, 2.05) is 13.0 Å². The summed E-state index contributed by atoms with van der Waals surface area (Å²) in [5.41, 5.74) is 3.07. The summed E-state index contributed by atoms with van der Waals surface area (Å²) in [5.74, 6) is 0.319. The topological polar surface area (TPSA) is 75.6 Å². The van der Waals surface area contributed by atoms with E-state index >= 15 is 0 Å². The molecule has 2 aromatic rings. The molecule has 2 aliphatic heterocycles. The van der Waals surface area contributed by atoms with Crippen LogP contribution in [0.15, 0.2) is 24.3 Å². The van der Waals surface area contributed by atoms with Gasteiger partial charge in [-0.3, -0.25) is 14.5 Å². The van der Waals surface area contributed by atoms with Crippen LogP contribution in [-0.4, -0.2) is 77.2 Å². The van der Waals surface area contributed by atoms with Gasteiger partial charge >= 0.3 is 0 Å². The Kier molecular flexibility index (Phi) is 8.37. The summed E-state index contributed by atoms with van der Waals surface area (Å²) in [6.07, 6.45) is 7.75. The van der Waals surface area contributed by atoms with Gasteiger partial charge in [-0.05, 0) is 85.1 Å². The SMILES string of the molecule is CSC1CC(C)NC(=O)C1CNC(=O)c1c(C)n([C@H](C)C2CCC(N(C)C3(C)COC3)CC2)c2ccccc12. The molecule has 1 aliphatic carbocycles. The van der Waals surface area contributed by atoms with Crippen LogP contribution in [0.4, 0.5) is 0 Å². The first kappa shape index (κ1) is 28.5. The number of piperidine rings is 1. The highest BCUT2D eigenvalue weighted by Gasteiger charge is 2.42. The van der Waals surface area contributed by atoms with Crippen LogP contribution in [0, 0.1) is 18.8 Å². The van der Waals surface area contributed by atoms with E-state index < -0.39 is 0 Å². The molecular weight excluding hydrogens is 508 g/mol. The maximum absolute atomic E-state index is 13.7. The highest BCUT2D eigenvalue weighted by molar-refractivity contribution is 7.99. The summed E-state index contributed by atoms with van der Waals surface area (Å²) in [7, 11) is 2.27. The molecule has 3 aliphatic rings. The van der Waals surface area contributed by atoms with E-state index in [-0.39, 0.29) is 34.6 Å². The lowest BCUT2D eigenvalue weighted by molar-refractivity contribution is -0.139. The van der Waals surface area contributed by atoms with Gasteiger partial charge in [0.1, 0.15) is 0 Å². The van der Waals surface area contributed by atoms with Crippen molar-refractivity contribution in [1.29, 1.82) is 0 Å². The van der Waals surface area contributed by atoms with Gasteiger partial charge in [0, 0.05) is 46.5 Å². The number of carbonyl (C=O) groups is 2. The number of nitrogens with one attached hydrogen (secondary N) is 2. The Morgan fingerprint density at radius 1 is 1.26 bits per heavy atom. The van der Waals surface area contributed by atoms with Crippen LogP contribution in [0.2, 0.25) is 0 Å². The number of hydrogen-bond acceptors (Lipinski definition) is 5. The van der Waals surface area contributed by atoms with Crippen LogP contribution in [0.3, 0.4) is 0 Å². The van der Waals surface area contributed by atoms with E-state index in [0.717, 1.165) is 41.8 Å². The molecule has 0 radical (unpaired) electrons. The number of hydrogen-bond donors (Lipinski definition) is 2. The van der Waals surface area contributed by atoms with Crippen molar-refractivity contribution >= 4 is 34.5 Å². The number of thioether (sulfide) groups is 1. The van der Waals surface area contributed by atoms with Crippen LogP contribution < -0.4 is 10.6 Å². The molecule has 39 heavy (non-hydrogen) atoms. The average Bonchev–Trinajstić information content (AvgIpc) is 3.21. The Bertz CT molecular complexity index is 1200. The van der Waals surface area contributed by atoms with Gasteiger partial charge < -0.3 is 19.9 Å². The van der Waals surface area contributed by atoms with Crippen molar-refractivity contribution in [1.82, 2.24) is 20.1 Å². The molecule has 3 heterocycles. The zero-order valence-corrected chi connectivity index (χ0v) is 25.3. The van der Waals surface area contributed by atoms with Gasteiger partial charge in [-0.2, -0.15) is 11.8 Å². The summed E-state index contributed by atoms with van der Waals surface area (Å²) in [5, 5.41) is 7.41. The van der Waals surface area contributed by atoms with Crippen molar-refractivity contribution < 1.29 is 14.3 Å². The second kappa shape index (κ2) is 11.5. The first-order chi connectivity index (χ1) is 18.6. The lowest BCUT2D eigenvalue weighted by atomic mass is 9.80. The van der Waals surface area contributed by atoms with Gasteiger partial charge in [-0.15, -0.1) is 0 Å². The lowest BCUT2D eigenvalue weighted by Crippen LogP contribution is -2.62. The lowest BCUT2D eigenvalue weighted by Gasteiger charge is -2.50. The number of benzene rings is 1. The molecule has 3 unspecified atom stereocenters. The van der Waals surface area contributed by atoms with E-state index in [4.69, 9.17) is 4.74 Å². The number of amides is 2. The van der Waals surface area contributed by atoms with E-state index in [1.54, 1.807) is 11.8 Å². The maximum Gasteiger partial charge on any atom is 0.253 e. The average molecular weight is 555 g/mol. The zero-order chi connectivity index (χ0) is 27.9. The third-order valence-electron chi connectivity index (χ3n) is 9.98. The molecule has 2 amide bonds. The van der Waals surface area contributed by atoms with E-state index in [1.165, 1.54) is 25.7 Å². The summed E-state index contributed by atoms with van der Waals surface area (Å²) in [6.45, 7) is 10.8. The molecular formula is C31H46N4O3S. The van der Waals surface area contributed by atoms with Crippen LogP contribution in [0.1, 0.15) is 75.0 Å². The van der Waals surface area contributed by atoms with Crippen LogP contribution in [0.25, 0.3) is 10.9 Å². The minimum Gasteiger partial charge on any atom is -0.377 e. The van der Waals surface area contributed by atoms with Gasteiger partial charge in [-0.1, -0.05) is 18.2 Å². The predicted molar refractivity (Wildman–Crippen MR) is 159 cm³/mol. The van der Waals surface area contributed by atoms with E-state index in [0.29, 0.717) is 24.5 Å². The van der Waals surface area contributed by atoms with Crippen molar-refractivity contribution in [3.63, 3.8) is 0 Å². The summed E-state index contributed by atoms with van der Waals surface area (Å²) in [6, 6.07) is 9.37. The van der Waals surface area contributed by atoms with Gasteiger partial charge in [0.15, 0.2) is 0 Å². The molecule has 2 saturated heterocycles. The molecule has 2 N–H and O–H groups in total. The molecule has 5 rings (SSSR count). The summed E-state index contributed by atoms with van der Waals surface area (Å²) >= 11 is 1.72. The smallest absolute Gasteiger partial charge is 0.253 e. The normalized spacial score (nSPS) is 29.6. The maximum atomic E-state index is 13.7. The highest BCUT2D eigenvalue weighted by atomic mass is 32.2. The Labute approximate surface area is 237 Å². The number of para-hydroxylation sites is 1. The number of ether oxygens (including phenoxy) is 1. The molecule has 8 heteroatoms. The molecule has 7 nitrogen and oxygen atoms in total. The quantitative estimate of drug-likeness (QED) is 0.492. The van der Waals surface area contributed by atoms with Gasteiger partial charge in [0.25, 0.3) is 5.91 Å². The number of likely N-dealkylation sites (N-methyl/N-ethyl adjacent to an activating group) is 1. The fourth-order valence-electron chi connectivity index (χ4n) is 7.29. The van der Waals surface area contributed by atoms with Gasteiger partial charge in [-0.25, -0.2) is 0 Å². The zero-order valence-electron chi connectivity index (χ0n) is 24.5. The molecule has 1 aromatic carbocycles. The predicted octanol–water partition coefficient (Wildman–Crippen LogP) is 4.78. The Hall–Kier alpha value is -2.03. The fourth-order valence-corrected chi connectivity index (χ4v) is 8.32. The Balaban J connectivity index is 1.31. The number of nitrogens with zero attached hydrogens (tertiary/aromatic N) is 2. The molecule has 214 valence electrons.